The fourth-order valence-corrected chi connectivity index (χ4v) is 6.13. The van der Waals surface area contributed by atoms with Gasteiger partial charge in [-0.25, -0.2) is 4.79 Å². The number of hydrogen-bond donors (Lipinski definition) is 0. The standard InChI is InChI=1S/C29H44O6Si/c1-10-33-27(30)19(3)21-14-12-11-13-20(21)15-16-22-25(32-7)18(2)23-17-34-28(31)24(23)26(22)35-36(8,9)29(4,5)6/h15,19,21H,10-14,16-17H2,1-9H3/t19-,21?/m0/s1. The van der Waals surface area contributed by atoms with Crippen LogP contribution in [0, 0.1) is 18.8 Å². The number of cyclic esters (lactones) is 1. The number of carbonyl (C=O) groups is 2. The van der Waals surface area contributed by atoms with Crippen LogP contribution in [0.5, 0.6) is 11.5 Å². The number of esters is 2. The molecule has 1 saturated carbocycles. The number of hydrogen-bond acceptors (Lipinski definition) is 6. The monoisotopic (exact) mass is 516 g/mol. The lowest BCUT2D eigenvalue weighted by molar-refractivity contribution is -0.149. The largest absolute Gasteiger partial charge is 0.543 e. The van der Waals surface area contributed by atoms with Crippen molar-refractivity contribution < 1.29 is 28.2 Å². The van der Waals surface area contributed by atoms with Gasteiger partial charge in [-0.05, 0) is 69.1 Å². The van der Waals surface area contributed by atoms with E-state index < -0.39 is 8.32 Å². The van der Waals surface area contributed by atoms with Gasteiger partial charge < -0.3 is 18.6 Å². The molecule has 1 aromatic carbocycles. The highest BCUT2D eigenvalue weighted by Gasteiger charge is 2.42. The number of fused-ring (bicyclic) bond motifs is 1. The lowest BCUT2D eigenvalue weighted by atomic mass is 9.76. The Bertz CT molecular complexity index is 1030. The summed E-state index contributed by atoms with van der Waals surface area (Å²) in [6.07, 6.45) is 6.96. The maximum absolute atomic E-state index is 12.9. The zero-order valence-corrected chi connectivity index (χ0v) is 24.6. The van der Waals surface area contributed by atoms with Gasteiger partial charge in [0.05, 0.1) is 19.6 Å². The molecular formula is C29H44O6Si. The zero-order valence-electron chi connectivity index (χ0n) is 23.6. The van der Waals surface area contributed by atoms with Crippen molar-refractivity contribution in [1.82, 2.24) is 0 Å². The number of rotatable bonds is 8. The van der Waals surface area contributed by atoms with Gasteiger partial charge in [0.15, 0.2) is 0 Å². The third-order valence-electron chi connectivity index (χ3n) is 8.33. The minimum atomic E-state index is -2.27. The molecular weight excluding hydrogens is 472 g/mol. The Labute approximate surface area is 217 Å². The Morgan fingerprint density at radius 2 is 1.92 bits per heavy atom. The molecule has 0 radical (unpaired) electrons. The fraction of sp³-hybridized carbons (Fsp3) is 0.655. The first-order chi connectivity index (χ1) is 16.8. The first kappa shape index (κ1) is 28.3. The van der Waals surface area contributed by atoms with Crippen LogP contribution in [-0.4, -0.2) is 34.0 Å². The second-order valence-corrected chi connectivity index (χ2v) is 16.4. The summed E-state index contributed by atoms with van der Waals surface area (Å²) in [6, 6.07) is 0. The third-order valence-corrected chi connectivity index (χ3v) is 12.7. The molecule has 0 aromatic heterocycles. The minimum absolute atomic E-state index is 0.0419. The quantitative estimate of drug-likeness (QED) is 0.212. The molecule has 2 aliphatic rings. The summed E-state index contributed by atoms with van der Waals surface area (Å²) in [6.45, 7) is 17.4. The molecule has 0 N–H and O–H groups in total. The second kappa shape index (κ2) is 11.0. The van der Waals surface area contributed by atoms with Gasteiger partial charge in [0.25, 0.3) is 8.32 Å². The Morgan fingerprint density at radius 3 is 2.53 bits per heavy atom. The van der Waals surface area contributed by atoms with Crippen LogP contribution in [0.3, 0.4) is 0 Å². The molecule has 200 valence electrons. The van der Waals surface area contributed by atoms with E-state index in [0.29, 0.717) is 24.3 Å². The van der Waals surface area contributed by atoms with Gasteiger partial charge >= 0.3 is 11.9 Å². The molecule has 1 aromatic rings. The van der Waals surface area contributed by atoms with Crippen LogP contribution >= 0.6 is 0 Å². The van der Waals surface area contributed by atoms with Gasteiger partial charge in [-0.15, -0.1) is 0 Å². The van der Waals surface area contributed by atoms with Crippen LogP contribution in [0.1, 0.15) is 87.4 Å². The average molecular weight is 517 g/mol. The molecule has 1 fully saturated rings. The van der Waals surface area contributed by atoms with Gasteiger partial charge in [0.1, 0.15) is 23.7 Å². The van der Waals surface area contributed by atoms with Gasteiger partial charge in [-0.1, -0.05) is 45.8 Å². The van der Waals surface area contributed by atoms with Crippen molar-refractivity contribution >= 4 is 20.3 Å². The van der Waals surface area contributed by atoms with Crippen molar-refractivity contribution in [3.63, 3.8) is 0 Å². The molecule has 1 unspecified atom stereocenters. The lowest BCUT2D eigenvalue weighted by Crippen LogP contribution is -2.44. The number of carbonyl (C=O) groups excluding carboxylic acids is 2. The fourth-order valence-electron chi connectivity index (χ4n) is 5.09. The van der Waals surface area contributed by atoms with E-state index in [1.165, 1.54) is 5.57 Å². The van der Waals surface area contributed by atoms with Crippen molar-refractivity contribution in [3.8, 4) is 11.5 Å². The van der Waals surface area contributed by atoms with Gasteiger partial charge in [0.2, 0.25) is 0 Å². The van der Waals surface area contributed by atoms with Crippen molar-refractivity contribution in [2.24, 2.45) is 11.8 Å². The van der Waals surface area contributed by atoms with E-state index in [-0.39, 0.29) is 35.4 Å². The van der Waals surface area contributed by atoms with E-state index in [9.17, 15) is 9.59 Å². The van der Waals surface area contributed by atoms with Crippen LogP contribution in [0.4, 0.5) is 0 Å². The van der Waals surface area contributed by atoms with E-state index in [1.807, 2.05) is 20.8 Å². The Kier molecular flexibility index (Phi) is 8.64. The maximum Gasteiger partial charge on any atom is 0.342 e. The molecule has 2 atom stereocenters. The normalized spacial score (nSPS) is 20.1. The number of allylic oxidation sites excluding steroid dienone is 2. The van der Waals surface area contributed by atoms with E-state index >= 15 is 0 Å². The zero-order chi connectivity index (χ0) is 26.8. The van der Waals surface area contributed by atoms with Crippen molar-refractivity contribution in [1.29, 1.82) is 0 Å². The molecule has 1 aliphatic heterocycles. The Morgan fingerprint density at radius 1 is 1.22 bits per heavy atom. The predicted molar refractivity (Wildman–Crippen MR) is 144 cm³/mol. The van der Waals surface area contributed by atoms with Crippen molar-refractivity contribution in [2.75, 3.05) is 13.7 Å². The Hall–Kier alpha value is -2.28. The molecule has 1 aliphatic carbocycles. The molecule has 0 spiro atoms. The highest BCUT2D eigenvalue weighted by Crippen LogP contribution is 2.47. The summed E-state index contributed by atoms with van der Waals surface area (Å²) in [5, 5.41) is -0.0419. The van der Waals surface area contributed by atoms with E-state index in [4.69, 9.17) is 18.6 Å². The third kappa shape index (κ3) is 5.51. The van der Waals surface area contributed by atoms with Gasteiger partial charge in [0, 0.05) is 11.1 Å². The molecule has 36 heavy (non-hydrogen) atoms. The van der Waals surface area contributed by atoms with Crippen LogP contribution < -0.4 is 9.16 Å². The highest BCUT2D eigenvalue weighted by molar-refractivity contribution is 6.74. The van der Waals surface area contributed by atoms with E-state index in [0.717, 1.165) is 48.1 Å². The van der Waals surface area contributed by atoms with Crippen molar-refractivity contribution in [2.45, 2.75) is 98.4 Å². The van der Waals surface area contributed by atoms with Crippen LogP contribution in [0.15, 0.2) is 11.6 Å². The number of benzene rings is 1. The molecule has 1 heterocycles. The van der Waals surface area contributed by atoms with E-state index in [1.54, 1.807) is 7.11 Å². The molecule has 0 amide bonds. The highest BCUT2D eigenvalue weighted by atomic mass is 28.4. The number of methoxy groups -OCH3 is 1. The molecule has 0 bridgehead atoms. The summed E-state index contributed by atoms with van der Waals surface area (Å²) in [7, 11) is -0.600. The summed E-state index contributed by atoms with van der Waals surface area (Å²) >= 11 is 0. The Balaban J connectivity index is 2.11. The summed E-state index contributed by atoms with van der Waals surface area (Å²) in [5.41, 5.74) is 4.50. The second-order valence-electron chi connectivity index (χ2n) is 11.6. The van der Waals surface area contributed by atoms with Gasteiger partial charge in [-0.3, -0.25) is 4.79 Å². The average Bonchev–Trinajstić information content (AvgIpc) is 3.20. The van der Waals surface area contributed by atoms with Gasteiger partial charge in [-0.2, -0.15) is 0 Å². The number of ether oxygens (including phenoxy) is 3. The first-order valence-electron chi connectivity index (χ1n) is 13.3. The van der Waals surface area contributed by atoms with Crippen LogP contribution in [0.25, 0.3) is 0 Å². The van der Waals surface area contributed by atoms with Crippen LogP contribution in [0.2, 0.25) is 18.1 Å². The minimum Gasteiger partial charge on any atom is -0.543 e. The summed E-state index contributed by atoms with van der Waals surface area (Å²) in [5.74, 6) is 0.885. The summed E-state index contributed by atoms with van der Waals surface area (Å²) in [4.78, 5) is 25.5. The lowest BCUT2D eigenvalue weighted by Gasteiger charge is -2.38. The molecule has 6 nitrogen and oxygen atoms in total. The van der Waals surface area contributed by atoms with Crippen molar-refractivity contribution in [3.05, 3.63) is 33.9 Å². The summed E-state index contributed by atoms with van der Waals surface area (Å²) < 4.78 is 23.6. The molecule has 7 heteroatoms. The SMILES string of the molecule is CCOC(=O)[C@@H](C)C1CCCCC1=CCc1c(OC)c(C)c2c(c1O[Si](C)(C)C(C)(C)C)C(=O)OC2. The predicted octanol–water partition coefficient (Wildman–Crippen LogP) is 6.92. The van der Waals surface area contributed by atoms with Crippen LogP contribution in [-0.2, 0) is 27.3 Å². The smallest absolute Gasteiger partial charge is 0.342 e. The topological polar surface area (TPSA) is 71.1 Å². The maximum atomic E-state index is 12.9. The van der Waals surface area contributed by atoms with E-state index in [2.05, 4.69) is 39.9 Å². The first-order valence-corrected chi connectivity index (χ1v) is 16.2. The molecule has 3 rings (SSSR count). The molecule has 0 saturated heterocycles.